The lowest BCUT2D eigenvalue weighted by Gasteiger charge is -2.11. The van der Waals surface area contributed by atoms with Crippen LogP contribution in [0.2, 0.25) is 0 Å². The lowest BCUT2D eigenvalue weighted by atomic mass is 10.1. The van der Waals surface area contributed by atoms with Gasteiger partial charge in [-0.15, -0.1) is 0 Å². The number of anilines is 1. The first-order valence-corrected chi connectivity index (χ1v) is 6.39. The predicted octanol–water partition coefficient (Wildman–Crippen LogP) is 2.05. The fourth-order valence-corrected chi connectivity index (χ4v) is 1.97. The third kappa shape index (κ3) is 4.06. The van der Waals surface area contributed by atoms with E-state index in [0.717, 1.165) is 13.0 Å². The van der Waals surface area contributed by atoms with E-state index in [1.807, 2.05) is 0 Å². The van der Waals surface area contributed by atoms with Crippen LogP contribution in [0.25, 0.3) is 0 Å². The lowest BCUT2D eigenvalue weighted by Crippen LogP contribution is -2.33. The summed E-state index contributed by atoms with van der Waals surface area (Å²) < 4.78 is 5.24. The molecule has 1 atom stereocenters. The largest absolute Gasteiger partial charge is 0.381 e. The first-order valence-electron chi connectivity index (χ1n) is 6.39. The van der Waals surface area contributed by atoms with Crippen molar-refractivity contribution in [3.8, 4) is 0 Å². The number of rotatable bonds is 4. The highest BCUT2D eigenvalue weighted by Crippen LogP contribution is 2.12. The van der Waals surface area contributed by atoms with Crippen LogP contribution < -0.4 is 10.6 Å². The zero-order chi connectivity index (χ0) is 13.7. The van der Waals surface area contributed by atoms with Gasteiger partial charge in [-0.1, -0.05) is 12.1 Å². The van der Waals surface area contributed by atoms with Gasteiger partial charge >= 0.3 is 6.03 Å². The van der Waals surface area contributed by atoms with Crippen molar-refractivity contribution in [1.82, 2.24) is 5.32 Å². The summed E-state index contributed by atoms with van der Waals surface area (Å²) in [6, 6.07) is 6.64. The second-order valence-electron chi connectivity index (χ2n) is 4.70. The molecule has 1 fully saturated rings. The van der Waals surface area contributed by atoms with Crippen LogP contribution in [-0.4, -0.2) is 31.6 Å². The molecule has 0 aromatic heterocycles. The summed E-state index contributed by atoms with van der Waals surface area (Å²) in [7, 11) is 0. The molecular formula is C14H18N2O3. The number of hydrogen-bond acceptors (Lipinski definition) is 3. The third-order valence-electron chi connectivity index (χ3n) is 3.10. The molecule has 1 aromatic carbocycles. The van der Waals surface area contributed by atoms with Crippen LogP contribution in [0.1, 0.15) is 23.7 Å². The van der Waals surface area contributed by atoms with Crippen molar-refractivity contribution in [1.29, 1.82) is 0 Å². The Bertz CT molecular complexity index is 468. The van der Waals surface area contributed by atoms with Gasteiger partial charge in [0.2, 0.25) is 0 Å². The molecule has 2 amide bonds. The molecule has 1 aliphatic rings. The van der Waals surface area contributed by atoms with E-state index in [2.05, 4.69) is 10.6 Å². The molecule has 5 nitrogen and oxygen atoms in total. The molecule has 1 saturated heterocycles. The van der Waals surface area contributed by atoms with Crippen LogP contribution in [0.15, 0.2) is 24.3 Å². The van der Waals surface area contributed by atoms with Crippen molar-refractivity contribution in [3.63, 3.8) is 0 Å². The highest BCUT2D eigenvalue weighted by atomic mass is 16.5. The van der Waals surface area contributed by atoms with E-state index in [0.29, 0.717) is 30.3 Å². The average Bonchev–Trinajstić information content (AvgIpc) is 2.90. The predicted molar refractivity (Wildman–Crippen MR) is 72.4 cm³/mol. The van der Waals surface area contributed by atoms with Crippen molar-refractivity contribution < 1.29 is 14.3 Å². The minimum absolute atomic E-state index is 0.0211. The number of urea groups is 1. The Morgan fingerprint density at radius 3 is 2.95 bits per heavy atom. The Hall–Kier alpha value is -1.88. The molecule has 0 unspecified atom stereocenters. The number of Topliss-reactive ketones (excluding diaryl/α,β-unsaturated/α-hetero) is 1. The van der Waals surface area contributed by atoms with Crippen LogP contribution in [0.3, 0.4) is 0 Å². The topological polar surface area (TPSA) is 67.4 Å². The molecule has 1 heterocycles. The molecule has 0 radical (unpaired) electrons. The van der Waals surface area contributed by atoms with E-state index in [1.165, 1.54) is 6.92 Å². The van der Waals surface area contributed by atoms with Gasteiger partial charge < -0.3 is 15.4 Å². The number of hydrogen-bond donors (Lipinski definition) is 2. The van der Waals surface area contributed by atoms with E-state index in [1.54, 1.807) is 24.3 Å². The number of ketones is 1. The summed E-state index contributed by atoms with van der Waals surface area (Å²) in [5.74, 6) is 0.376. The molecule has 5 heteroatoms. The van der Waals surface area contributed by atoms with Gasteiger partial charge in [-0.25, -0.2) is 4.79 Å². The summed E-state index contributed by atoms with van der Waals surface area (Å²) in [5, 5.41) is 5.52. The Kier molecular flexibility index (Phi) is 4.52. The van der Waals surface area contributed by atoms with Crippen LogP contribution in [0.5, 0.6) is 0 Å². The quantitative estimate of drug-likeness (QED) is 0.816. The van der Waals surface area contributed by atoms with E-state index in [9.17, 15) is 9.59 Å². The molecule has 102 valence electrons. The lowest BCUT2D eigenvalue weighted by molar-refractivity contribution is 0.101. The highest BCUT2D eigenvalue weighted by Gasteiger charge is 2.16. The summed E-state index contributed by atoms with van der Waals surface area (Å²) in [6.07, 6.45) is 0.986. The van der Waals surface area contributed by atoms with E-state index >= 15 is 0 Å². The van der Waals surface area contributed by atoms with Gasteiger partial charge in [-0.2, -0.15) is 0 Å². The maximum atomic E-state index is 11.7. The van der Waals surface area contributed by atoms with Crippen LogP contribution >= 0.6 is 0 Å². The minimum atomic E-state index is -0.257. The Labute approximate surface area is 112 Å². The van der Waals surface area contributed by atoms with Crippen LogP contribution in [0, 0.1) is 5.92 Å². The molecule has 0 aliphatic carbocycles. The smallest absolute Gasteiger partial charge is 0.319 e. The third-order valence-corrected chi connectivity index (χ3v) is 3.10. The van der Waals surface area contributed by atoms with E-state index < -0.39 is 0 Å². The Morgan fingerprint density at radius 1 is 1.42 bits per heavy atom. The van der Waals surface area contributed by atoms with Crippen molar-refractivity contribution in [3.05, 3.63) is 29.8 Å². The molecule has 2 N–H and O–H groups in total. The van der Waals surface area contributed by atoms with Crippen molar-refractivity contribution in [2.45, 2.75) is 13.3 Å². The van der Waals surface area contributed by atoms with Crippen molar-refractivity contribution in [2.24, 2.45) is 5.92 Å². The molecular weight excluding hydrogens is 244 g/mol. The summed E-state index contributed by atoms with van der Waals surface area (Å²) in [6.45, 7) is 3.59. The summed E-state index contributed by atoms with van der Waals surface area (Å²) in [4.78, 5) is 22.9. The fourth-order valence-electron chi connectivity index (χ4n) is 1.97. The molecule has 19 heavy (non-hydrogen) atoms. The monoisotopic (exact) mass is 262 g/mol. The minimum Gasteiger partial charge on any atom is -0.381 e. The molecule has 1 aliphatic heterocycles. The van der Waals surface area contributed by atoms with Gasteiger partial charge in [0.25, 0.3) is 0 Å². The summed E-state index contributed by atoms with van der Waals surface area (Å²) in [5.41, 5.74) is 1.20. The van der Waals surface area contributed by atoms with Crippen LogP contribution in [-0.2, 0) is 4.74 Å². The number of nitrogens with one attached hydrogen (secondary N) is 2. The molecule has 1 aromatic rings. The van der Waals surface area contributed by atoms with E-state index in [-0.39, 0.29) is 11.8 Å². The number of carbonyl (C=O) groups excluding carboxylic acids is 2. The fraction of sp³-hybridized carbons (Fsp3) is 0.429. The van der Waals surface area contributed by atoms with Crippen molar-refractivity contribution >= 4 is 17.5 Å². The van der Waals surface area contributed by atoms with Gasteiger partial charge in [0.05, 0.1) is 6.61 Å². The molecule has 0 saturated carbocycles. The maximum Gasteiger partial charge on any atom is 0.319 e. The SMILES string of the molecule is CC(=O)c1cccc(NC(=O)NC[C@H]2CCOC2)c1. The van der Waals surface area contributed by atoms with Gasteiger partial charge in [-0.3, -0.25) is 4.79 Å². The van der Waals surface area contributed by atoms with Gasteiger partial charge in [-0.05, 0) is 25.5 Å². The average molecular weight is 262 g/mol. The standard InChI is InChI=1S/C14H18N2O3/c1-10(17)12-3-2-4-13(7-12)16-14(18)15-8-11-5-6-19-9-11/h2-4,7,11H,5-6,8-9H2,1H3,(H2,15,16,18)/t11-/m1/s1. The van der Waals surface area contributed by atoms with Crippen molar-refractivity contribution in [2.75, 3.05) is 25.1 Å². The van der Waals surface area contributed by atoms with Gasteiger partial charge in [0.15, 0.2) is 5.78 Å². The number of carbonyl (C=O) groups is 2. The summed E-state index contributed by atoms with van der Waals surface area (Å²) >= 11 is 0. The first kappa shape index (κ1) is 13.5. The first-order chi connectivity index (χ1) is 9.15. The molecule has 2 rings (SSSR count). The molecule has 0 spiro atoms. The van der Waals surface area contributed by atoms with Crippen LogP contribution in [0.4, 0.5) is 10.5 Å². The van der Waals surface area contributed by atoms with E-state index in [4.69, 9.17) is 4.74 Å². The molecule has 0 bridgehead atoms. The maximum absolute atomic E-state index is 11.7. The second kappa shape index (κ2) is 6.33. The second-order valence-corrected chi connectivity index (χ2v) is 4.70. The van der Waals surface area contributed by atoms with Gasteiger partial charge in [0, 0.05) is 30.3 Å². The Balaban J connectivity index is 1.84. The highest BCUT2D eigenvalue weighted by molar-refractivity contribution is 5.96. The number of amides is 2. The zero-order valence-corrected chi connectivity index (χ0v) is 10.9. The number of ether oxygens (including phenoxy) is 1. The normalized spacial score (nSPS) is 18.1. The Morgan fingerprint density at radius 2 is 2.26 bits per heavy atom. The number of benzene rings is 1. The zero-order valence-electron chi connectivity index (χ0n) is 10.9. The van der Waals surface area contributed by atoms with Gasteiger partial charge in [0.1, 0.15) is 0 Å².